The molecule has 6 heteroatoms. The van der Waals surface area contributed by atoms with E-state index < -0.39 is 5.60 Å². The Balaban J connectivity index is 2.32. The molecule has 1 fully saturated rings. The van der Waals surface area contributed by atoms with Gasteiger partial charge >= 0.3 is 6.09 Å². The lowest BCUT2D eigenvalue weighted by atomic mass is 10.2. The van der Waals surface area contributed by atoms with Crippen LogP contribution in [0.15, 0.2) is 0 Å². The van der Waals surface area contributed by atoms with Crippen LogP contribution in [0.1, 0.15) is 40.0 Å². The summed E-state index contributed by atoms with van der Waals surface area (Å²) in [6.07, 6.45) is 2.65. The molecule has 1 unspecified atom stereocenters. The van der Waals surface area contributed by atoms with Crippen molar-refractivity contribution in [2.45, 2.75) is 51.9 Å². The van der Waals surface area contributed by atoms with E-state index in [1.54, 1.807) is 4.90 Å². The molecule has 20 heavy (non-hydrogen) atoms. The van der Waals surface area contributed by atoms with Gasteiger partial charge in [0.25, 0.3) is 0 Å². The predicted octanol–water partition coefficient (Wildman–Crippen LogP) is 1.73. The third-order valence-corrected chi connectivity index (χ3v) is 2.85. The molecule has 1 saturated heterocycles. The fourth-order valence-corrected chi connectivity index (χ4v) is 1.91. The van der Waals surface area contributed by atoms with Crippen LogP contribution in [0.5, 0.6) is 0 Å². The van der Waals surface area contributed by atoms with E-state index in [2.05, 4.69) is 0 Å². The van der Waals surface area contributed by atoms with Gasteiger partial charge in [0, 0.05) is 26.2 Å². The predicted molar refractivity (Wildman–Crippen MR) is 76.4 cm³/mol. The smallest absolute Gasteiger partial charge is 0.410 e. The summed E-state index contributed by atoms with van der Waals surface area (Å²) < 4.78 is 16.4. The van der Waals surface area contributed by atoms with Crippen molar-refractivity contribution in [3.63, 3.8) is 0 Å². The highest BCUT2D eigenvalue weighted by atomic mass is 16.7. The maximum atomic E-state index is 12.0. The van der Waals surface area contributed by atoms with Crippen LogP contribution in [0.4, 0.5) is 4.79 Å². The van der Waals surface area contributed by atoms with Crippen molar-refractivity contribution < 1.29 is 19.0 Å². The maximum Gasteiger partial charge on any atom is 0.410 e. The van der Waals surface area contributed by atoms with Gasteiger partial charge < -0.3 is 24.8 Å². The molecule has 1 aliphatic rings. The zero-order chi connectivity index (χ0) is 15.0. The van der Waals surface area contributed by atoms with E-state index in [-0.39, 0.29) is 12.4 Å². The van der Waals surface area contributed by atoms with Crippen molar-refractivity contribution >= 4 is 6.09 Å². The number of nitrogens with zero attached hydrogens (tertiary/aromatic N) is 1. The second-order valence-corrected chi connectivity index (χ2v) is 5.92. The Morgan fingerprint density at radius 1 is 1.35 bits per heavy atom. The first-order chi connectivity index (χ1) is 9.42. The lowest BCUT2D eigenvalue weighted by Crippen LogP contribution is -2.41. The van der Waals surface area contributed by atoms with Crippen molar-refractivity contribution in [1.29, 1.82) is 0 Å². The number of hydrogen-bond donors (Lipinski definition) is 1. The first kappa shape index (κ1) is 17.2. The Bertz CT molecular complexity index is 285. The third kappa shape index (κ3) is 7.07. The summed E-state index contributed by atoms with van der Waals surface area (Å²) in [5, 5.41) is 0. The molecule has 2 N–H and O–H groups in total. The molecule has 0 aromatic carbocycles. The molecular formula is C14H28N2O4. The number of ether oxygens (including phenoxy) is 3. The molecule has 1 aliphatic heterocycles. The van der Waals surface area contributed by atoms with Crippen molar-refractivity contribution in [3.05, 3.63) is 0 Å². The third-order valence-electron chi connectivity index (χ3n) is 2.85. The van der Waals surface area contributed by atoms with Crippen molar-refractivity contribution in [2.24, 2.45) is 5.73 Å². The van der Waals surface area contributed by atoms with E-state index in [0.29, 0.717) is 26.2 Å². The molecular weight excluding hydrogens is 260 g/mol. The number of hydrogen-bond acceptors (Lipinski definition) is 5. The Morgan fingerprint density at radius 2 is 2.10 bits per heavy atom. The largest absolute Gasteiger partial charge is 0.444 e. The fraction of sp³-hybridized carbons (Fsp3) is 0.929. The quantitative estimate of drug-likeness (QED) is 0.805. The molecule has 0 aromatic rings. The molecule has 1 heterocycles. The van der Waals surface area contributed by atoms with E-state index in [4.69, 9.17) is 19.9 Å². The van der Waals surface area contributed by atoms with Crippen molar-refractivity contribution in [2.75, 3.05) is 32.8 Å². The normalized spacial score (nSPS) is 19.7. The zero-order valence-electron chi connectivity index (χ0n) is 12.9. The summed E-state index contributed by atoms with van der Waals surface area (Å²) in [6.45, 7) is 8.05. The highest BCUT2D eigenvalue weighted by Gasteiger charge is 2.22. The summed E-state index contributed by atoms with van der Waals surface area (Å²) in [5.41, 5.74) is 5.03. The van der Waals surface area contributed by atoms with Gasteiger partial charge in [-0.3, -0.25) is 0 Å². The van der Waals surface area contributed by atoms with E-state index in [1.165, 1.54) is 0 Å². The molecule has 0 radical (unpaired) electrons. The number of carbonyl (C=O) groups is 1. The van der Waals surface area contributed by atoms with E-state index in [0.717, 1.165) is 25.9 Å². The van der Waals surface area contributed by atoms with Crippen molar-refractivity contribution in [3.8, 4) is 0 Å². The Morgan fingerprint density at radius 3 is 2.65 bits per heavy atom. The Labute approximate surface area is 121 Å². The molecule has 0 bridgehead atoms. The van der Waals surface area contributed by atoms with Crippen LogP contribution < -0.4 is 5.73 Å². The first-order valence-corrected chi connectivity index (χ1v) is 7.33. The summed E-state index contributed by atoms with van der Waals surface area (Å²) >= 11 is 0. The van der Waals surface area contributed by atoms with E-state index >= 15 is 0 Å². The van der Waals surface area contributed by atoms with Gasteiger partial charge in [-0.2, -0.15) is 0 Å². The SMILES string of the molecule is CC(C)(C)OC(=O)N(CCN)CCOC1CCCCO1. The van der Waals surface area contributed by atoms with Crippen LogP contribution in [-0.2, 0) is 14.2 Å². The lowest BCUT2D eigenvalue weighted by molar-refractivity contribution is -0.163. The van der Waals surface area contributed by atoms with Gasteiger partial charge in [-0.1, -0.05) is 0 Å². The number of nitrogens with two attached hydrogens (primary N) is 1. The van der Waals surface area contributed by atoms with Crippen LogP contribution in [0.3, 0.4) is 0 Å². The molecule has 1 rings (SSSR count). The molecule has 0 aromatic heterocycles. The maximum absolute atomic E-state index is 12.0. The summed E-state index contributed by atoms with van der Waals surface area (Å²) in [7, 11) is 0. The molecule has 1 amide bonds. The van der Waals surface area contributed by atoms with Gasteiger partial charge in [0.05, 0.1) is 6.61 Å². The van der Waals surface area contributed by atoms with Crippen molar-refractivity contribution in [1.82, 2.24) is 4.90 Å². The highest BCUT2D eigenvalue weighted by molar-refractivity contribution is 5.68. The average Bonchev–Trinajstić information content (AvgIpc) is 2.37. The number of rotatable bonds is 6. The molecule has 6 nitrogen and oxygen atoms in total. The summed E-state index contributed by atoms with van der Waals surface area (Å²) in [6, 6.07) is 0. The molecule has 0 spiro atoms. The molecule has 1 atom stereocenters. The minimum Gasteiger partial charge on any atom is -0.444 e. The van der Waals surface area contributed by atoms with Gasteiger partial charge in [-0.25, -0.2) is 4.79 Å². The minimum absolute atomic E-state index is 0.137. The zero-order valence-corrected chi connectivity index (χ0v) is 12.9. The molecule has 118 valence electrons. The Kier molecular flexibility index (Phi) is 7.26. The highest BCUT2D eigenvalue weighted by Crippen LogP contribution is 2.14. The monoisotopic (exact) mass is 288 g/mol. The fourth-order valence-electron chi connectivity index (χ4n) is 1.91. The summed E-state index contributed by atoms with van der Waals surface area (Å²) in [5.74, 6) is 0. The first-order valence-electron chi connectivity index (χ1n) is 7.33. The van der Waals surface area contributed by atoms with Crippen LogP contribution >= 0.6 is 0 Å². The Hall–Kier alpha value is -0.850. The minimum atomic E-state index is -0.503. The lowest BCUT2D eigenvalue weighted by Gasteiger charge is -2.28. The van der Waals surface area contributed by atoms with Gasteiger partial charge in [-0.05, 0) is 40.0 Å². The van der Waals surface area contributed by atoms with Gasteiger partial charge in [0.2, 0.25) is 0 Å². The van der Waals surface area contributed by atoms with Gasteiger partial charge in [-0.15, -0.1) is 0 Å². The average molecular weight is 288 g/mol. The molecule has 0 aliphatic carbocycles. The van der Waals surface area contributed by atoms with Gasteiger partial charge in [0.15, 0.2) is 6.29 Å². The van der Waals surface area contributed by atoms with Gasteiger partial charge in [0.1, 0.15) is 5.60 Å². The number of amides is 1. The van der Waals surface area contributed by atoms with Crippen LogP contribution in [-0.4, -0.2) is 55.7 Å². The summed E-state index contributed by atoms with van der Waals surface area (Å²) in [4.78, 5) is 13.6. The standard InChI is InChI=1S/C14H28N2O4/c1-14(2,3)20-13(17)16(8-7-15)9-11-19-12-6-4-5-10-18-12/h12H,4-11,15H2,1-3H3. The second kappa shape index (κ2) is 8.44. The van der Waals surface area contributed by atoms with E-state index in [1.807, 2.05) is 20.8 Å². The van der Waals surface area contributed by atoms with Crippen LogP contribution in [0.25, 0.3) is 0 Å². The molecule has 0 saturated carbocycles. The topological polar surface area (TPSA) is 74.0 Å². The number of carbonyl (C=O) groups excluding carboxylic acids is 1. The van der Waals surface area contributed by atoms with Crippen LogP contribution in [0.2, 0.25) is 0 Å². The van der Waals surface area contributed by atoms with Crippen LogP contribution in [0, 0.1) is 0 Å². The van der Waals surface area contributed by atoms with E-state index in [9.17, 15) is 4.79 Å². The second-order valence-electron chi connectivity index (χ2n) is 5.92.